The van der Waals surface area contributed by atoms with Gasteiger partial charge in [-0.3, -0.25) is 4.79 Å². The number of benzene rings is 1. The SMILES string of the molecule is CC.O=c1[nH]c(CO)nc2ccccc12. The Morgan fingerprint density at radius 1 is 1.33 bits per heavy atom. The van der Waals surface area contributed by atoms with E-state index in [0.29, 0.717) is 16.7 Å². The van der Waals surface area contributed by atoms with Crippen molar-refractivity contribution in [1.82, 2.24) is 9.97 Å². The first-order valence-corrected chi connectivity index (χ1v) is 4.90. The highest BCUT2D eigenvalue weighted by Crippen LogP contribution is 2.04. The smallest absolute Gasteiger partial charge is 0.258 e. The molecule has 0 unspecified atom stereocenters. The van der Waals surface area contributed by atoms with Gasteiger partial charge < -0.3 is 10.1 Å². The summed E-state index contributed by atoms with van der Waals surface area (Å²) in [6.45, 7) is 3.75. The van der Waals surface area contributed by atoms with Gasteiger partial charge in [0.15, 0.2) is 0 Å². The fourth-order valence-corrected chi connectivity index (χ4v) is 1.21. The number of aromatic amines is 1. The molecule has 0 bridgehead atoms. The third-order valence-corrected chi connectivity index (χ3v) is 1.81. The van der Waals surface area contributed by atoms with Gasteiger partial charge in [-0.25, -0.2) is 4.98 Å². The van der Waals surface area contributed by atoms with Crippen LogP contribution in [0.4, 0.5) is 0 Å². The minimum atomic E-state index is -0.250. The predicted octanol–water partition coefficient (Wildman–Crippen LogP) is 1.44. The van der Waals surface area contributed by atoms with Crippen LogP contribution in [0.1, 0.15) is 19.7 Å². The van der Waals surface area contributed by atoms with Crippen molar-refractivity contribution >= 4 is 10.9 Å². The van der Waals surface area contributed by atoms with Crippen LogP contribution in [-0.4, -0.2) is 15.1 Å². The highest BCUT2D eigenvalue weighted by Gasteiger charge is 2.00. The zero-order valence-electron chi connectivity index (χ0n) is 8.82. The molecule has 2 N–H and O–H groups in total. The molecule has 0 aliphatic carbocycles. The van der Waals surface area contributed by atoms with Crippen LogP contribution in [-0.2, 0) is 6.61 Å². The van der Waals surface area contributed by atoms with E-state index >= 15 is 0 Å². The van der Waals surface area contributed by atoms with E-state index in [9.17, 15) is 4.79 Å². The second-order valence-electron chi connectivity index (χ2n) is 2.69. The number of aliphatic hydroxyl groups is 1. The minimum absolute atomic E-state index is 0.213. The van der Waals surface area contributed by atoms with E-state index in [-0.39, 0.29) is 12.2 Å². The maximum absolute atomic E-state index is 11.4. The van der Waals surface area contributed by atoms with Crippen LogP contribution in [0, 0.1) is 0 Å². The van der Waals surface area contributed by atoms with Gasteiger partial charge in [-0.1, -0.05) is 26.0 Å². The number of fused-ring (bicyclic) bond motifs is 1. The van der Waals surface area contributed by atoms with Gasteiger partial charge in [-0.2, -0.15) is 0 Å². The molecule has 0 fully saturated rings. The Kier molecular flexibility index (Phi) is 4.00. The highest BCUT2D eigenvalue weighted by atomic mass is 16.3. The number of aromatic nitrogens is 2. The lowest BCUT2D eigenvalue weighted by Gasteiger charge is -1.98. The summed E-state index contributed by atoms with van der Waals surface area (Å²) in [6, 6.07) is 7.01. The maximum Gasteiger partial charge on any atom is 0.258 e. The van der Waals surface area contributed by atoms with Gasteiger partial charge in [0.1, 0.15) is 12.4 Å². The molecule has 0 atom stereocenters. The molecule has 0 amide bonds. The lowest BCUT2D eigenvalue weighted by molar-refractivity contribution is 0.271. The summed E-state index contributed by atoms with van der Waals surface area (Å²) in [5, 5.41) is 9.33. The monoisotopic (exact) mass is 206 g/mol. The van der Waals surface area contributed by atoms with Crippen LogP contribution in [0.5, 0.6) is 0 Å². The second-order valence-corrected chi connectivity index (χ2v) is 2.69. The number of nitrogens with one attached hydrogen (secondary N) is 1. The van der Waals surface area contributed by atoms with Crippen molar-refractivity contribution < 1.29 is 5.11 Å². The average molecular weight is 206 g/mol. The Balaban J connectivity index is 0.000000531. The molecule has 0 aliphatic heterocycles. The number of rotatable bonds is 1. The number of hydrogen-bond donors (Lipinski definition) is 2. The van der Waals surface area contributed by atoms with E-state index in [4.69, 9.17) is 5.11 Å². The molecule has 1 heterocycles. The lowest BCUT2D eigenvalue weighted by atomic mass is 10.2. The fourth-order valence-electron chi connectivity index (χ4n) is 1.21. The Bertz CT molecular complexity index is 491. The Labute approximate surface area is 87.6 Å². The Hall–Kier alpha value is -1.68. The van der Waals surface area contributed by atoms with E-state index in [1.807, 2.05) is 13.8 Å². The molecule has 15 heavy (non-hydrogen) atoms. The highest BCUT2D eigenvalue weighted by molar-refractivity contribution is 5.77. The third kappa shape index (κ3) is 2.41. The minimum Gasteiger partial charge on any atom is -0.388 e. The van der Waals surface area contributed by atoms with Crippen molar-refractivity contribution in [1.29, 1.82) is 0 Å². The predicted molar refractivity (Wildman–Crippen MR) is 59.6 cm³/mol. The summed E-state index contributed by atoms with van der Waals surface area (Å²) in [5.74, 6) is 0.295. The van der Waals surface area contributed by atoms with Crippen LogP contribution in [0.15, 0.2) is 29.1 Å². The van der Waals surface area contributed by atoms with Crippen molar-refractivity contribution in [2.75, 3.05) is 0 Å². The van der Waals surface area contributed by atoms with Crippen molar-refractivity contribution in [3.05, 3.63) is 40.4 Å². The normalized spacial score (nSPS) is 9.53. The van der Waals surface area contributed by atoms with E-state index in [1.54, 1.807) is 24.3 Å². The van der Waals surface area contributed by atoms with E-state index < -0.39 is 0 Å². The first kappa shape index (κ1) is 11.4. The van der Waals surface area contributed by atoms with Crippen molar-refractivity contribution in [2.24, 2.45) is 0 Å². The molecule has 80 valence electrons. The average Bonchev–Trinajstić information content (AvgIpc) is 2.31. The number of para-hydroxylation sites is 1. The Morgan fingerprint density at radius 2 is 2.00 bits per heavy atom. The fraction of sp³-hybridized carbons (Fsp3) is 0.273. The van der Waals surface area contributed by atoms with Crippen molar-refractivity contribution in [2.45, 2.75) is 20.5 Å². The van der Waals surface area contributed by atoms with Crippen LogP contribution in [0.2, 0.25) is 0 Å². The van der Waals surface area contributed by atoms with Gasteiger partial charge in [0.05, 0.1) is 10.9 Å². The van der Waals surface area contributed by atoms with Crippen molar-refractivity contribution in [3.8, 4) is 0 Å². The molecule has 0 radical (unpaired) electrons. The van der Waals surface area contributed by atoms with Crippen molar-refractivity contribution in [3.63, 3.8) is 0 Å². The summed E-state index contributed by atoms with van der Waals surface area (Å²) >= 11 is 0. The summed E-state index contributed by atoms with van der Waals surface area (Å²) in [7, 11) is 0. The summed E-state index contributed by atoms with van der Waals surface area (Å²) in [4.78, 5) is 17.9. The molecule has 2 aromatic rings. The first-order chi connectivity index (χ1) is 7.31. The molecule has 1 aromatic heterocycles. The molecular weight excluding hydrogens is 192 g/mol. The standard InChI is InChI=1S/C9H8N2O2.C2H6/c12-5-8-10-7-4-2-1-3-6(7)9(13)11-8;1-2/h1-4,12H,5H2,(H,10,11,13);1-2H3. The van der Waals surface area contributed by atoms with Gasteiger partial charge in [0, 0.05) is 0 Å². The Morgan fingerprint density at radius 3 is 2.67 bits per heavy atom. The van der Waals surface area contributed by atoms with Gasteiger partial charge in [-0.05, 0) is 12.1 Å². The van der Waals surface area contributed by atoms with Gasteiger partial charge in [0.2, 0.25) is 0 Å². The second kappa shape index (κ2) is 5.26. The number of hydrogen-bond acceptors (Lipinski definition) is 3. The molecule has 2 rings (SSSR count). The zero-order valence-corrected chi connectivity index (χ0v) is 8.82. The largest absolute Gasteiger partial charge is 0.388 e. The molecule has 0 aliphatic rings. The van der Waals surface area contributed by atoms with Gasteiger partial charge in [-0.15, -0.1) is 0 Å². The van der Waals surface area contributed by atoms with E-state index in [2.05, 4.69) is 9.97 Å². The third-order valence-electron chi connectivity index (χ3n) is 1.81. The lowest BCUT2D eigenvalue weighted by Crippen LogP contribution is -2.11. The van der Waals surface area contributed by atoms with Gasteiger partial charge in [0.25, 0.3) is 5.56 Å². The van der Waals surface area contributed by atoms with E-state index in [0.717, 1.165) is 0 Å². The molecule has 1 aromatic carbocycles. The quantitative estimate of drug-likeness (QED) is 0.742. The molecule has 0 spiro atoms. The molecule has 4 heteroatoms. The van der Waals surface area contributed by atoms with Gasteiger partial charge >= 0.3 is 0 Å². The first-order valence-electron chi connectivity index (χ1n) is 4.90. The molecule has 0 saturated heterocycles. The molecular formula is C11H14N2O2. The number of aliphatic hydroxyl groups excluding tert-OH is 1. The maximum atomic E-state index is 11.4. The number of H-pyrrole nitrogens is 1. The van der Waals surface area contributed by atoms with E-state index in [1.165, 1.54) is 0 Å². The zero-order chi connectivity index (χ0) is 11.3. The summed E-state index contributed by atoms with van der Waals surface area (Å²) in [5.41, 5.74) is 0.393. The number of nitrogens with zero attached hydrogens (tertiary/aromatic N) is 1. The topological polar surface area (TPSA) is 66.0 Å². The summed E-state index contributed by atoms with van der Waals surface area (Å²) in [6.07, 6.45) is 0. The molecule has 4 nitrogen and oxygen atoms in total. The van der Waals surface area contributed by atoms with Crippen LogP contribution < -0.4 is 5.56 Å². The molecule has 0 saturated carbocycles. The van der Waals surface area contributed by atoms with Crippen LogP contribution in [0.25, 0.3) is 10.9 Å². The van der Waals surface area contributed by atoms with Crippen LogP contribution >= 0.6 is 0 Å². The van der Waals surface area contributed by atoms with Crippen LogP contribution in [0.3, 0.4) is 0 Å². The summed E-state index contributed by atoms with van der Waals surface area (Å²) < 4.78 is 0.